The number of hydrogen-bond acceptors (Lipinski definition) is 7. The highest BCUT2D eigenvalue weighted by Gasteiger charge is 2.33. The van der Waals surface area contributed by atoms with Crippen LogP contribution < -0.4 is 24.4 Å². The number of hydrogen-bond donors (Lipinski definition) is 1. The lowest BCUT2D eigenvalue weighted by molar-refractivity contribution is -0.114. The Morgan fingerprint density at radius 3 is 2.17 bits per heavy atom. The van der Waals surface area contributed by atoms with E-state index >= 15 is 0 Å². The normalized spacial score (nSPS) is 14.8. The zero-order valence-electron chi connectivity index (χ0n) is 16.8. The number of amides is 2. The van der Waals surface area contributed by atoms with Gasteiger partial charge in [-0.1, -0.05) is 24.0 Å². The highest BCUT2D eigenvalue weighted by molar-refractivity contribution is 8.27. The van der Waals surface area contributed by atoms with E-state index in [1.807, 2.05) is 0 Å². The maximum absolute atomic E-state index is 13.0. The minimum absolute atomic E-state index is 0.165. The third kappa shape index (κ3) is 4.42. The second kappa shape index (κ2) is 9.19. The zero-order valence-corrected chi connectivity index (χ0v) is 18.5. The molecule has 1 heterocycles. The third-order valence-electron chi connectivity index (χ3n) is 4.22. The topological polar surface area (TPSA) is 77.1 Å². The molecule has 0 aromatic heterocycles. The number of rotatable bonds is 6. The Morgan fingerprint density at radius 2 is 1.67 bits per heavy atom. The van der Waals surface area contributed by atoms with Crippen molar-refractivity contribution in [2.45, 2.75) is 6.92 Å². The largest absolute Gasteiger partial charge is 0.493 e. The number of carbonyl (C=O) groups is 2. The minimum atomic E-state index is -0.231. The summed E-state index contributed by atoms with van der Waals surface area (Å²) in [6.07, 6.45) is 1.73. The lowest BCUT2D eigenvalue weighted by atomic mass is 10.1. The molecule has 1 saturated heterocycles. The summed E-state index contributed by atoms with van der Waals surface area (Å²) in [7, 11) is 4.60. The summed E-state index contributed by atoms with van der Waals surface area (Å²) < 4.78 is 16.5. The van der Waals surface area contributed by atoms with Gasteiger partial charge in [-0.3, -0.25) is 14.5 Å². The first-order valence-corrected chi connectivity index (χ1v) is 10.1. The van der Waals surface area contributed by atoms with E-state index in [0.29, 0.717) is 43.4 Å². The molecule has 0 bridgehead atoms. The van der Waals surface area contributed by atoms with Crippen LogP contribution in [0, 0.1) is 0 Å². The van der Waals surface area contributed by atoms with Crippen LogP contribution >= 0.6 is 24.0 Å². The lowest BCUT2D eigenvalue weighted by Crippen LogP contribution is -2.27. The molecule has 1 fully saturated rings. The standard InChI is InChI=1S/C21H20N2O5S2/c1-12(24)22-14-5-7-15(8-6-14)23-20(25)18(30-21(23)29)11-13-9-16(26-2)19(28-4)17(10-13)27-3/h5-11H,1-4H3,(H,22,24)/b18-11+. The van der Waals surface area contributed by atoms with Crippen LogP contribution in [0.25, 0.3) is 6.08 Å². The van der Waals surface area contributed by atoms with Crippen molar-refractivity contribution in [1.29, 1.82) is 0 Å². The molecule has 0 unspecified atom stereocenters. The predicted molar refractivity (Wildman–Crippen MR) is 122 cm³/mol. The van der Waals surface area contributed by atoms with Gasteiger partial charge in [-0.15, -0.1) is 0 Å². The molecule has 1 aliphatic heterocycles. The molecule has 0 atom stereocenters. The number of nitrogens with one attached hydrogen (secondary N) is 1. The van der Waals surface area contributed by atoms with E-state index in [1.165, 1.54) is 44.9 Å². The molecule has 1 N–H and O–H groups in total. The second-order valence-electron chi connectivity index (χ2n) is 6.20. The molecule has 2 aromatic carbocycles. The van der Waals surface area contributed by atoms with Gasteiger partial charge in [0, 0.05) is 12.6 Å². The van der Waals surface area contributed by atoms with E-state index in [4.69, 9.17) is 26.4 Å². The molecule has 9 heteroatoms. The number of nitrogens with zero attached hydrogens (tertiary/aromatic N) is 1. The fourth-order valence-electron chi connectivity index (χ4n) is 2.92. The number of ether oxygens (including phenoxy) is 3. The Kier molecular flexibility index (Phi) is 6.63. The quantitative estimate of drug-likeness (QED) is 0.531. The monoisotopic (exact) mass is 444 g/mol. The molecular weight excluding hydrogens is 424 g/mol. The summed E-state index contributed by atoms with van der Waals surface area (Å²) in [5.74, 6) is 1.07. The van der Waals surface area contributed by atoms with Crippen LogP contribution in [0.5, 0.6) is 17.2 Å². The van der Waals surface area contributed by atoms with Gasteiger partial charge in [0.2, 0.25) is 11.7 Å². The van der Waals surface area contributed by atoms with Crippen LogP contribution in [-0.2, 0) is 9.59 Å². The number of thiocarbonyl (C=S) groups is 1. The van der Waals surface area contributed by atoms with Crippen molar-refractivity contribution in [3.63, 3.8) is 0 Å². The second-order valence-corrected chi connectivity index (χ2v) is 7.88. The molecule has 2 amide bonds. The van der Waals surface area contributed by atoms with Crippen LogP contribution in [0.3, 0.4) is 0 Å². The summed E-state index contributed by atoms with van der Waals surface area (Å²) >= 11 is 6.63. The predicted octanol–water partition coefficient (Wildman–Crippen LogP) is 4.08. The molecule has 30 heavy (non-hydrogen) atoms. The summed E-state index contributed by atoms with van der Waals surface area (Å²) in [6.45, 7) is 1.43. The van der Waals surface area contributed by atoms with E-state index in [1.54, 1.807) is 42.5 Å². The van der Waals surface area contributed by atoms with E-state index < -0.39 is 0 Å². The average molecular weight is 445 g/mol. The Morgan fingerprint density at radius 1 is 1.07 bits per heavy atom. The van der Waals surface area contributed by atoms with Crippen molar-refractivity contribution in [2.75, 3.05) is 31.5 Å². The van der Waals surface area contributed by atoms with Crippen LogP contribution in [0.1, 0.15) is 12.5 Å². The molecule has 0 spiro atoms. The maximum Gasteiger partial charge on any atom is 0.270 e. The molecule has 0 radical (unpaired) electrons. The van der Waals surface area contributed by atoms with Crippen molar-refractivity contribution < 1.29 is 23.8 Å². The molecule has 3 rings (SSSR count). The first kappa shape index (κ1) is 21.7. The van der Waals surface area contributed by atoms with Crippen LogP contribution in [0.2, 0.25) is 0 Å². The first-order chi connectivity index (χ1) is 14.4. The van der Waals surface area contributed by atoms with Gasteiger partial charge in [-0.2, -0.15) is 0 Å². The number of thioether (sulfide) groups is 1. The SMILES string of the molecule is COc1cc(/C=C2/SC(=S)N(c3ccc(NC(C)=O)cc3)C2=O)cc(OC)c1OC. The van der Waals surface area contributed by atoms with Gasteiger partial charge in [0.05, 0.1) is 31.9 Å². The smallest absolute Gasteiger partial charge is 0.270 e. The van der Waals surface area contributed by atoms with Crippen molar-refractivity contribution >= 4 is 57.6 Å². The average Bonchev–Trinajstić information content (AvgIpc) is 3.00. The Hall–Kier alpha value is -3.04. The highest BCUT2D eigenvalue weighted by Crippen LogP contribution is 2.41. The van der Waals surface area contributed by atoms with E-state index in [0.717, 1.165) is 0 Å². The van der Waals surface area contributed by atoms with Gasteiger partial charge in [-0.25, -0.2) is 0 Å². The molecule has 2 aromatic rings. The molecule has 156 valence electrons. The van der Waals surface area contributed by atoms with Crippen molar-refractivity contribution in [3.8, 4) is 17.2 Å². The first-order valence-electron chi connectivity index (χ1n) is 8.83. The van der Waals surface area contributed by atoms with Gasteiger partial charge >= 0.3 is 0 Å². The van der Waals surface area contributed by atoms with Gasteiger partial charge in [0.25, 0.3) is 5.91 Å². The van der Waals surface area contributed by atoms with E-state index in [-0.39, 0.29) is 11.8 Å². The zero-order chi connectivity index (χ0) is 21.8. The fourth-order valence-corrected chi connectivity index (χ4v) is 4.22. The molecule has 0 saturated carbocycles. The van der Waals surface area contributed by atoms with Gasteiger partial charge in [-0.05, 0) is 48.0 Å². The maximum atomic E-state index is 13.0. The Labute approximate surface area is 184 Å². The number of methoxy groups -OCH3 is 3. The summed E-state index contributed by atoms with van der Waals surface area (Å²) in [6, 6.07) is 10.4. The highest BCUT2D eigenvalue weighted by atomic mass is 32.2. The van der Waals surface area contributed by atoms with Crippen molar-refractivity contribution in [2.24, 2.45) is 0 Å². The molecule has 7 nitrogen and oxygen atoms in total. The van der Waals surface area contributed by atoms with Gasteiger partial charge in [0.15, 0.2) is 15.8 Å². The summed E-state index contributed by atoms with van der Waals surface area (Å²) in [4.78, 5) is 26.1. The minimum Gasteiger partial charge on any atom is -0.493 e. The fraction of sp³-hybridized carbons (Fsp3) is 0.190. The third-order valence-corrected chi connectivity index (χ3v) is 5.53. The summed E-state index contributed by atoms with van der Waals surface area (Å²) in [5, 5.41) is 2.69. The molecule has 1 aliphatic rings. The molecule has 0 aliphatic carbocycles. The van der Waals surface area contributed by atoms with E-state index in [2.05, 4.69) is 5.32 Å². The number of carbonyl (C=O) groups excluding carboxylic acids is 2. The van der Waals surface area contributed by atoms with Crippen LogP contribution in [0.4, 0.5) is 11.4 Å². The van der Waals surface area contributed by atoms with E-state index in [9.17, 15) is 9.59 Å². The Balaban J connectivity index is 1.91. The summed E-state index contributed by atoms with van der Waals surface area (Å²) in [5.41, 5.74) is 1.98. The van der Waals surface area contributed by atoms with Gasteiger partial charge < -0.3 is 19.5 Å². The van der Waals surface area contributed by atoms with Gasteiger partial charge in [0.1, 0.15) is 0 Å². The molecular formula is C21H20N2O5S2. The lowest BCUT2D eigenvalue weighted by Gasteiger charge is -2.15. The number of benzene rings is 2. The Bertz CT molecular complexity index is 1010. The van der Waals surface area contributed by atoms with Crippen molar-refractivity contribution in [3.05, 3.63) is 46.9 Å². The van der Waals surface area contributed by atoms with Crippen LogP contribution in [-0.4, -0.2) is 37.5 Å². The van der Waals surface area contributed by atoms with Crippen molar-refractivity contribution in [1.82, 2.24) is 0 Å². The van der Waals surface area contributed by atoms with Crippen LogP contribution in [0.15, 0.2) is 41.3 Å². The number of anilines is 2.